The van der Waals surface area contributed by atoms with Gasteiger partial charge in [0.2, 0.25) is 0 Å². The van der Waals surface area contributed by atoms with E-state index in [-0.39, 0.29) is 0 Å². The average molecular weight is 276 g/mol. The standard InChI is InChI=1S/C15H20N2OS/c1-9(2)7-18-14-10(3)5-12(6-11(14)4)13-8-19-15(16)17-13/h5-6,8-9H,7H2,1-4H3,(H2,16,17). The highest BCUT2D eigenvalue weighted by Gasteiger charge is 2.10. The van der Waals surface area contributed by atoms with Crippen LogP contribution in [-0.2, 0) is 0 Å². The van der Waals surface area contributed by atoms with Crippen molar-refractivity contribution in [1.29, 1.82) is 0 Å². The molecule has 1 aromatic carbocycles. The minimum atomic E-state index is 0.525. The minimum absolute atomic E-state index is 0.525. The molecule has 3 nitrogen and oxygen atoms in total. The lowest BCUT2D eigenvalue weighted by molar-refractivity contribution is 0.268. The molecule has 0 saturated carbocycles. The molecule has 0 aliphatic carbocycles. The van der Waals surface area contributed by atoms with Crippen LogP contribution in [0.25, 0.3) is 11.3 Å². The van der Waals surface area contributed by atoms with Gasteiger partial charge in [-0.05, 0) is 43.0 Å². The first-order valence-corrected chi connectivity index (χ1v) is 7.30. The van der Waals surface area contributed by atoms with Crippen molar-refractivity contribution in [2.75, 3.05) is 12.3 Å². The number of aromatic nitrogens is 1. The molecule has 0 spiro atoms. The largest absolute Gasteiger partial charge is 0.493 e. The number of hydrogen-bond acceptors (Lipinski definition) is 4. The third kappa shape index (κ3) is 3.26. The highest BCUT2D eigenvalue weighted by molar-refractivity contribution is 7.13. The summed E-state index contributed by atoms with van der Waals surface area (Å²) in [7, 11) is 0. The zero-order chi connectivity index (χ0) is 14.0. The maximum absolute atomic E-state index is 5.88. The van der Waals surface area contributed by atoms with E-state index in [0.29, 0.717) is 11.0 Å². The van der Waals surface area contributed by atoms with Crippen LogP contribution in [0.4, 0.5) is 5.13 Å². The molecule has 0 bridgehead atoms. The molecule has 0 radical (unpaired) electrons. The summed E-state index contributed by atoms with van der Waals surface area (Å²) in [5.41, 5.74) is 10.00. The van der Waals surface area contributed by atoms with Gasteiger partial charge in [-0.15, -0.1) is 11.3 Å². The number of thiazole rings is 1. The molecule has 1 heterocycles. The smallest absolute Gasteiger partial charge is 0.180 e. The Morgan fingerprint density at radius 2 is 1.89 bits per heavy atom. The summed E-state index contributed by atoms with van der Waals surface area (Å²) in [5, 5.41) is 2.59. The molecule has 0 amide bonds. The van der Waals surface area contributed by atoms with Crippen LogP contribution < -0.4 is 10.5 Å². The van der Waals surface area contributed by atoms with Crippen molar-refractivity contribution in [1.82, 2.24) is 4.98 Å². The van der Waals surface area contributed by atoms with E-state index in [1.54, 1.807) is 0 Å². The minimum Gasteiger partial charge on any atom is -0.493 e. The second-order valence-electron chi connectivity index (χ2n) is 5.22. The van der Waals surface area contributed by atoms with E-state index in [9.17, 15) is 0 Å². The molecule has 1 aromatic heterocycles. The molecule has 0 saturated heterocycles. The monoisotopic (exact) mass is 276 g/mol. The summed E-state index contributed by atoms with van der Waals surface area (Å²) < 4.78 is 5.88. The second-order valence-corrected chi connectivity index (χ2v) is 6.10. The van der Waals surface area contributed by atoms with Crippen LogP contribution in [0.5, 0.6) is 5.75 Å². The average Bonchev–Trinajstić information content (AvgIpc) is 2.74. The van der Waals surface area contributed by atoms with Gasteiger partial charge < -0.3 is 10.5 Å². The molecule has 0 aliphatic heterocycles. The summed E-state index contributed by atoms with van der Waals surface area (Å²) in [6, 6.07) is 4.22. The van der Waals surface area contributed by atoms with Gasteiger partial charge in [0.05, 0.1) is 12.3 Å². The fraction of sp³-hybridized carbons (Fsp3) is 0.400. The Morgan fingerprint density at radius 3 is 2.37 bits per heavy atom. The Bertz CT molecular complexity index is 552. The highest BCUT2D eigenvalue weighted by Crippen LogP contribution is 2.31. The Hall–Kier alpha value is -1.55. The quantitative estimate of drug-likeness (QED) is 0.916. The van der Waals surface area contributed by atoms with Gasteiger partial charge in [-0.3, -0.25) is 0 Å². The fourth-order valence-corrected chi connectivity index (χ4v) is 2.57. The topological polar surface area (TPSA) is 48.1 Å². The van der Waals surface area contributed by atoms with Crippen LogP contribution in [-0.4, -0.2) is 11.6 Å². The van der Waals surface area contributed by atoms with Crippen LogP contribution in [0.2, 0.25) is 0 Å². The molecule has 0 aliphatic rings. The second kappa shape index (κ2) is 5.61. The van der Waals surface area contributed by atoms with Crippen LogP contribution in [0.15, 0.2) is 17.5 Å². The number of aryl methyl sites for hydroxylation is 2. The predicted octanol–water partition coefficient (Wildman–Crippen LogP) is 4.04. The zero-order valence-corrected chi connectivity index (χ0v) is 12.7. The van der Waals surface area contributed by atoms with Gasteiger partial charge in [0.25, 0.3) is 0 Å². The van der Waals surface area contributed by atoms with Gasteiger partial charge in [-0.1, -0.05) is 13.8 Å². The lowest BCUT2D eigenvalue weighted by Gasteiger charge is -2.15. The van der Waals surface area contributed by atoms with Gasteiger partial charge in [-0.2, -0.15) is 0 Å². The van der Waals surface area contributed by atoms with Crippen molar-refractivity contribution in [3.63, 3.8) is 0 Å². The van der Waals surface area contributed by atoms with Crippen molar-refractivity contribution in [2.24, 2.45) is 5.92 Å². The van der Waals surface area contributed by atoms with Gasteiger partial charge in [0, 0.05) is 10.9 Å². The van der Waals surface area contributed by atoms with E-state index < -0.39 is 0 Å². The van der Waals surface area contributed by atoms with Gasteiger partial charge in [0.15, 0.2) is 5.13 Å². The number of rotatable bonds is 4. The van der Waals surface area contributed by atoms with E-state index in [4.69, 9.17) is 10.5 Å². The number of hydrogen-bond donors (Lipinski definition) is 1. The molecule has 4 heteroatoms. The number of nitrogens with zero attached hydrogens (tertiary/aromatic N) is 1. The summed E-state index contributed by atoms with van der Waals surface area (Å²) in [4.78, 5) is 4.32. The van der Waals surface area contributed by atoms with Crippen LogP contribution in [0, 0.1) is 19.8 Å². The Morgan fingerprint density at radius 1 is 1.26 bits per heavy atom. The first-order valence-electron chi connectivity index (χ1n) is 6.42. The van der Waals surface area contributed by atoms with Crippen molar-refractivity contribution < 1.29 is 4.74 Å². The van der Waals surface area contributed by atoms with Gasteiger partial charge >= 0.3 is 0 Å². The number of nitrogens with two attached hydrogens (primary N) is 1. The number of ether oxygens (including phenoxy) is 1. The molecule has 0 unspecified atom stereocenters. The molecular formula is C15H20N2OS. The molecule has 0 fully saturated rings. The van der Waals surface area contributed by atoms with Crippen LogP contribution in [0.3, 0.4) is 0 Å². The summed E-state index contributed by atoms with van der Waals surface area (Å²) >= 11 is 1.46. The van der Waals surface area contributed by atoms with Gasteiger partial charge in [0.1, 0.15) is 5.75 Å². The normalized spacial score (nSPS) is 11.0. The van der Waals surface area contributed by atoms with Gasteiger partial charge in [-0.25, -0.2) is 4.98 Å². The first kappa shape index (κ1) is 13.9. The molecule has 2 rings (SSSR count). The Balaban J connectivity index is 2.31. The van der Waals surface area contributed by atoms with E-state index in [2.05, 4.69) is 44.8 Å². The number of nitrogen functional groups attached to an aromatic ring is 1. The van der Waals surface area contributed by atoms with Crippen molar-refractivity contribution >= 4 is 16.5 Å². The molecular weight excluding hydrogens is 256 g/mol. The van der Waals surface area contributed by atoms with Crippen molar-refractivity contribution in [3.05, 3.63) is 28.6 Å². The van der Waals surface area contributed by atoms with E-state index in [1.165, 1.54) is 11.3 Å². The van der Waals surface area contributed by atoms with Crippen molar-refractivity contribution in [3.8, 4) is 17.0 Å². The third-order valence-electron chi connectivity index (χ3n) is 2.84. The molecule has 19 heavy (non-hydrogen) atoms. The maximum atomic E-state index is 5.88. The number of benzene rings is 1. The maximum Gasteiger partial charge on any atom is 0.180 e. The fourth-order valence-electron chi connectivity index (χ4n) is 2.00. The highest BCUT2D eigenvalue weighted by atomic mass is 32.1. The molecule has 0 atom stereocenters. The summed E-state index contributed by atoms with van der Waals surface area (Å²) in [6.07, 6.45) is 0. The Kier molecular flexibility index (Phi) is 4.10. The molecule has 102 valence electrons. The van der Waals surface area contributed by atoms with Crippen LogP contribution in [0.1, 0.15) is 25.0 Å². The van der Waals surface area contributed by atoms with E-state index in [0.717, 1.165) is 34.7 Å². The molecule has 2 N–H and O–H groups in total. The lowest BCUT2D eigenvalue weighted by Crippen LogP contribution is -2.06. The van der Waals surface area contributed by atoms with Crippen molar-refractivity contribution in [2.45, 2.75) is 27.7 Å². The SMILES string of the molecule is Cc1cc(-c2csc(N)n2)cc(C)c1OCC(C)C. The van der Waals surface area contributed by atoms with E-state index >= 15 is 0 Å². The molecule has 2 aromatic rings. The first-order chi connectivity index (χ1) is 8.97. The van der Waals surface area contributed by atoms with Crippen LogP contribution >= 0.6 is 11.3 Å². The van der Waals surface area contributed by atoms with E-state index in [1.807, 2.05) is 5.38 Å². The summed E-state index contributed by atoms with van der Waals surface area (Å²) in [5.74, 6) is 1.51. The third-order valence-corrected chi connectivity index (χ3v) is 3.51. The lowest BCUT2D eigenvalue weighted by atomic mass is 10.0. The number of anilines is 1. The predicted molar refractivity (Wildman–Crippen MR) is 81.8 cm³/mol. The Labute approximate surface area is 118 Å². The zero-order valence-electron chi connectivity index (χ0n) is 11.9. The summed E-state index contributed by atoms with van der Waals surface area (Å²) in [6.45, 7) is 9.18.